The fourth-order valence-corrected chi connectivity index (χ4v) is 2.31. The Bertz CT molecular complexity index is 381. The number of aryl methyl sites for hydroxylation is 1. The molecule has 1 aliphatic rings. The van der Waals surface area contributed by atoms with Crippen LogP contribution in [-0.4, -0.2) is 4.98 Å². The summed E-state index contributed by atoms with van der Waals surface area (Å²) in [6.07, 6.45) is 10.4. The van der Waals surface area contributed by atoms with Gasteiger partial charge in [-0.1, -0.05) is 17.7 Å². The third-order valence-electron chi connectivity index (χ3n) is 3.39. The number of pyridine rings is 1. The van der Waals surface area contributed by atoms with Crippen molar-refractivity contribution in [1.29, 1.82) is 0 Å². The summed E-state index contributed by atoms with van der Waals surface area (Å²) in [5.74, 6) is 5.66. The minimum Gasteiger partial charge on any atom is -0.271 e. The number of aromatic nitrogens is 1. The van der Waals surface area contributed by atoms with Gasteiger partial charge in [0.15, 0.2) is 0 Å². The molecular weight excluding hydrogens is 210 g/mol. The van der Waals surface area contributed by atoms with E-state index in [4.69, 9.17) is 5.84 Å². The Kier molecular flexibility index (Phi) is 4.29. The highest BCUT2D eigenvalue weighted by Gasteiger charge is 2.13. The lowest BCUT2D eigenvalue weighted by molar-refractivity contribution is 0.527. The van der Waals surface area contributed by atoms with Crippen molar-refractivity contribution in [2.24, 2.45) is 5.84 Å². The maximum Gasteiger partial charge on any atom is 0.0512 e. The van der Waals surface area contributed by atoms with E-state index in [1.54, 1.807) is 0 Å². The van der Waals surface area contributed by atoms with Crippen molar-refractivity contribution in [2.45, 2.75) is 45.1 Å². The molecule has 3 heteroatoms. The van der Waals surface area contributed by atoms with Crippen molar-refractivity contribution in [3.05, 3.63) is 41.2 Å². The number of nitrogens with two attached hydrogens (primary N) is 1. The SMILES string of the molecule is Cc1ccc(C(CC2=CCCCC2)NN)cn1. The van der Waals surface area contributed by atoms with Crippen LogP contribution in [0.4, 0.5) is 0 Å². The second-order valence-electron chi connectivity index (χ2n) is 4.76. The highest BCUT2D eigenvalue weighted by Crippen LogP contribution is 2.26. The van der Waals surface area contributed by atoms with Crippen LogP contribution in [0.5, 0.6) is 0 Å². The number of nitrogens with one attached hydrogen (secondary N) is 1. The lowest BCUT2D eigenvalue weighted by Gasteiger charge is -2.20. The summed E-state index contributed by atoms with van der Waals surface area (Å²) < 4.78 is 0. The highest BCUT2D eigenvalue weighted by molar-refractivity contribution is 5.20. The summed E-state index contributed by atoms with van der Waals surface area (Å²) in [4.78, 5) is 4.33. The minimum atomic E-state index is 0.187. The average molecular weight is 231 g/mol. The quantitative estimate of drug-likeness (QED) is 0.476. The summed E-state index contributed by atoms with van der Waals surface area (Å²) in [5, 5.41) is 0. The second-order valence-corrected chi connectivity index (χ2v) is 4.76. The molecule has 0 saturated carbocycles. The van der Waals surface area contributed by atoms with E-state index >= 15 is 0 Å². The van der Waals surface area contributed by atoms with E-state index in [0.29, 0.717) is 0 Å². The molecule has 3 nitrogen and oxygen atoms in total. The largest absolute Gasteiger partial charge is 0.271 e. The van der Waals surface area contributed by atoms with Gasteiger partial charge in [0.2, 0.25) is 0 Å². The zero-order valence-corrected chi connectivity index (χ0v) is 10.4. The van der Waals surface area contributed by atoms with Crippen LogP contribution in [0, 0.1) is 6.92 Å². The summed E-state index contributed by atoms with van der Waals surface area (Å²) >= 11 is 0. The molecule has 3 N–H and O–H groups in total. The Labute approximate surface area is 103 Å². The van der Waals surface area contributed by atoms with E-state index in [9.17, 15) is 0 Å². The molecule has 1 aromatic heterocycles. The first-order valence-corrected chi connectivity index (χ1v) is 6.36. The van der Waals surface area contributed by atoms with Crippen LogP contribution in [-0.2, 0) is 0 Å². The normalized spacial score (nSPS) is 17.6. The molecule has 0 spiro atoms. The van der Waals surface area contributed by atoms with Crippen molar-refractivity contribution in [3.8, 4) is 0 Å². The van der Waals surface area contributed by atoms with Crippen molar-refractivity contribution in [1.82, 2.24) is 10.4 Å². The van der Waals surface area contributed by atoms with Crippen LogP contribution in [0.1, 0.15) is 49.4 Å². The smallest absolute Gasteiger partial charge is 0.0512 e. The molecule has 17 heavy (non-hydrogen) atoms. The van der Waals surface area contributed by atoms with E-state index in [1.165, 1.54) is 36.8 Å². The van der Waals surface area contributed by atoms with Gasteiger partial charge in [-0.25, -0.2) is 0 Å². The number of allylic oxidation sites excluding steroid dienone is 1. The molecule has 0 radical (unpaired) electrons. The van der Waals surface area contributed by atoms with Gasteiger partial charge in [0, 0.05) is 11.9 Å². The van der Waals surface area contributed by atoms with Crippen LogP contribution in [0.25, 0.3) is 0 Å². The minimum absolute atomic E-state index is 0.187. The predicted octanol–water partition coefficient (Wildman–Crippen LogP) is 2.78. The van der Waals surface area contributed by atoms with Gasteiger partial charge in [0.05, 0.1) is 6.04 Å². The summed E-state index contributed by atoms with van der Waals surface area (Å²) in [7, 11) is 0. The van der Waals surface area contributed by atoms with Crippen LogP contribution >= 0.6 is 0 Å². The molecule has 0 bridgehead atoms. The molecule has 1 unspecified atom stereocenters. The Hall–Kier alpha value is -1.19. The van der Waals surface area contributed by atoms with Gasteiger partial charge in [0.25, 0.3) is 0 Å². The summed E-state index contributed by atoms with van der Waals surface area (Å²) in [6.45, 7) is 2.00. The Morgan fingerprint density at radius 2 is 2.29 bits per heavy atom. The van der Waals surface area contributed by atoms with E-state index in [1.807, 2.05) is 19.2 Å². The Morgan fingerprint density at radius 3 is 2.88 bits per heavy atom. The van der Waals surface area contributed by atoms with Gasteiger partial charge in [-0.05, 0) is 50.7 Å². The van der Waals surface area contributed by atoms with Gasteiger partial charge in [-0.15, -0.1) is 0 Å². The molecule has 1 aliphatic carbocycles. The van der Waals surface area contributed by atoms with Gasteiger partial charge >= 0.3 is 0 Å². The molecule has 2 rings (SSSR count). The van der Waals surface area contributed by atoms with Crippen LogP contribution in [0.15, 0.2) is 30.0 Å². The maximum atomic E-state index is 5.66. The topological polar surface area (TPSA) is 50.9 Å². The molecular formula is C14H21N3. The number of rotatable bonds is 4. The molecule has 1 aromatic rings. The van der Waals surface area contributed by atoms with E-state index in [-0.39, 0.29) is 6.04 Å². The first-order chi connectivity index (χ1) is 8.29. The lowest BCUT2D eigenvalue weighted by atomic mass is 9.92. The third kappa shape index (κ3) is 3.38. The van der Waals surface area contributed by atoms with Crippen molar-refractivity contribution < 1.29 is 0 Å². The second kappa shape index (κ2) is 5.94. The predicted molar refractivity (Wildman–Crippen MR) is 70.2 cm³/mol. The zero-order chi connectivity index (χ0) is 12.1. The highest BCUT2D eigenvalue weighted by atomic mass is 15.2. The van der Waals surface area contributed by atoms with E-state index in [0.717, 1.165) is 12.1 Å². The summed E-state index contributed by atoms with van der Waals surface area (Å²) in [5.41, 5.74) is 6.65. The molecule has 1 heterocycles. The number of hydrogen-bond acceptors (Lipinski definition) is 3. The Balaban J connectivity index is 2.05. The molecule has 0 saturated heterocycles. The van der Waals surface area contributed by atoms with Gasteiger partial charge in [-0.2, -0.15) is 0 Å². The molecule has 0 aliphatic heterocycles. The molecule has 1 atom stereocenters. The van der Waals surface area contributed by atoms with Gasteiger partial charge < -0.3 is 0 Å². The van der Waals surface area contributed by atoms with E-state index < -0.39 is 0 Å². The average Bonchev–Trinajstić information content (AvgIpc) is 2.38. The van der Waals surface area contributed by atoms with E-state index in [2.05, 4.69) is 22.6 Å². The number of hydrazine groups is 1. The van der Waals surface area contributed by atoms with Crippen molar-refractivity contribution in [3.63, 3.8) is 0 Å². The van der Waals surface area contributed by atoms with Gasteiger partial charge in [-0.3, -0.25) is 16.3 Å². The fourth-order valence-electron chi connectivity index (χ4n) is 2.31. The fraction of sp³-hybridized carbons (Fsp3) is 0.500. The zero-order valence-electron chi connectivity index (χ0n) is 10.4. The molecule has 0 aromatic carbocycles. The van der Waals surface area contributed by atoms with Crippen LogP contribution in [0.2, 0.25) is 0 Å². The molecule has 92 valence electrons. The molecule has 0 fully saturated rings. The first-order valence-electron chi connectivity index (χ1n) is 6.36. The third-order valence-corrected chi connectivity index (χ3v) is 3.39. The number of hydrogen-bond donors (Lipinski definition) is 2. The monoisotopic (exact) mass is 231 g/mol. The summed E-state index contributed by atoms with van der Waals surface area (Å²) in [6, 6.07) is 4.33. The maximum absolute atomic E-state index is 5.66. The van der Waals surface area contributed by atoms with Crippen LogP contribution < -0.4 is 11.3 Å². The Morgan fingerprint density at radius 1 is 1.41 bits per heavy atom. The number of nitrogens with zero attached hydrogens (tertiary/aromatic N) is 1. The van der Waals surface area contributed by atoms with Crippen LogP contribution in [0.3, 0.4) is 0 Å². The lowest BCUT2D eigenvalue weighted by Crippen LogP contribution is -2.28. The first kappa shape index (κ1) is 12.3. The van der Waals surface area contributed by atoms with Crippen molar-refractivity contribution in [2.75, 3.05) is 0 Å². The van der Waals surface area contributed by atoms with Gasteiger partial charge in [0.1, 0.15) is 0 Å². The molecule has 0 amide bonds. The van der Waals surface area contributed by atoms with Crippen molar-refractivity contribution >= 4 is 0 Å². The standard InChI is InChI=1S/C14H21N3/c1-11-7-8-13(10-16-11)14(17-15)9-12-5-3-2-4-6-12/h5,7-8,10,14,17H,2-4,6,9,15H2,1H3.